The van der Waals surface area contributed by atoms with Crippen molar-refractivity contribution < 1.29 is 19.0 Å². The number of rotatable bonds is 7. The van der Waals surface area contributed by atoms with E-state index in [2.05, 4.69) is 21.6 Å². The van der Waals surface area contributed by atoms with Crippen LogP contribution < -0.4 is 19.5 Å². The van der Waals surface area contributed by atoms with E-state index in [1.54, 1.807) is 25.3 Å². The van der Waals surface area contributed by atoms with E-state index in [-0.39, 0.29) is 11.7 Å². The van der Waals surface area contributed by atoms with Gasteiger partial charge < -0.3 is 19.5 Å². The molecule has 1 aliphatic rings. The van der Waals surface area contributed by atoms with Crippen LogP contribution in [0.3, 0.4) is 0 Å². The van der Waals surface area contributed by atoms with E-state index in [0.717, 1.165) is 22.6 Å². The van der Waals surface area contributed by atoms with Crippen molar-refractivity contribution in [3.63, 3.8) is 0 Å². The molecule has 0 fully saturated rings. The number of fused-ring (bicyclic) bond motifs is 1. The Morgan fingerprint density at radius 3 is 2.60 bits per heavy atom. The fraction of sp³-hybridized carbons (Fsp3) is 0.192. The van der Waals surface area contributed by atoms with Crippen LogP contribution in [0.2, 0.25) is 0 Å². The summed E-state index contributed by atoms with van der Waals surface area (Å²) in [6, 6.07) is 21.1. The van der Waals surface area contributed by atoms with Crippen LogP contribution in [0.4, 0.5) is 5.69 Å². The molecule has 3 aromatic carbocycles. The molecule has 4 aromatic rings. The summed E-state index contributed by atoms with van der Waals surface area (Å²) in [6.45, 7) is 3.05. The molecule has 2 heterocycles. The summed E-state index contributed by atoms with van der Waals surface area (Å²) >= 11 is 1.32. The van der Waals surface area contributed by atoms with Crippen LogP contribution in [-0.2, 0) is 4.79 Å². The summed E-state index contributed by atoms with van der Waals surface area (Å²) in [7, 11) is 1.63. The molecule has 178 valence electrons. The highest BCUT2D eigenvalue weighted by atomic mass is 32.2. The SMILES string of the molecule is COc1ccc(-n2c(SCC(=O)Nc3ccc4c(c3)OCCO4)nnc2-c2cccc(C)c2)cc1. The van der Waals surface area contributed by atoms with Crippen LogP contribution in [0.25, 0.3) is 17.1 Å². The van der Waals surface area contributed by atoms with Gasteiger partial charge in [0.1, 0.15) is 19.0 Å². The molecule has 0 radical (unpaired) electrons. The van der Waals surface area contributed by atoms with Gasteiger partial charge in [0.05, 0.1) is 12.9 Å². The number of thioether (sulfide) groups is 1. The monoisotopic (exact) mass is 488 g/mol. The Bertz CT molecular complexity index is 1350. The lowest BCUT2D eigenvalue weighted by Gasteiger charge is -2.19. The quantitative estimate of drug-likeness (QED) is 0.376. The smallest absolute Gasteiger partial charge is 0.234 e. The van der Waals surface area contributed by atoms with Gasteiger partial charge in [0.2, 0.25) is 5.91 Å². The number of anilines is 1. The number of ether oxygens (including phenoxy) is 3. The van der Waals surface area contributed by atoms with Crippen molar-refractivity contribution in [2.45, 2.75) is 12.1 Å². The van der Waals surface area contributed by atoms with Gasteiger partial charge in [-0.3, -0.25) is 9.36 Å². The summed E-state index contributed by atoms with van der Waals surface area (Å²) in [5.41, 5.74) is 3.60. The van der Waals surface area contributed by atoms with Crippen molar-refractivity contribution in [3.8, 4) is 34.3 Å². The van der Waals surface area contributed by atoms with Crippen LogP contribution in [0.15, 0.2) is 71.9 Å². The normalized spacial score (nSPS) is 12.3. The third kappa shape index (κ3) is 5.09. The van der Waals surface area contributed by atoms with E-state index in [0.29, 0.717) is 41.4 Å². The van der Waals surface area contributed by atoms with Crippen LogP contribution in [0, 0.1) is 6.92 Å². The number of nitrogens with zero attached hydrogens (tertiary/aromatic N) is 3. The fourth-order valence-electron chi connectivity index (χ4n) is 3.75. The highest BCUT2D eigenvalue weighted by Crippen LogP contribution is 2.33. The van der Waals surface area contributed by atoms with Crippen LogP contribution in [0.5, 0.6) is 17.2 Å². The summed E-state index contributed by atoms with van der Waals surface area (Å²) in [4.78, 5) is 12.7. The summed E-state index contributed by atoms with van der Waals surface area (Å²) in [6.07, 6.45) is 0. The molecule has 0 saturated carbocycles. The van der Waals surface area contributed by atoms with Gasteiger partial charge in [-0.2, -0.15) is 0 Å². The minimum Gasteiger partial charge on any atom is -0.497 e. The highest BCUT2D eigenvalue weighted by Gasteiger charge is 2.18. The van der Waals surface area contributed by atoms with E-state index in [9.17, 15) is 4.79 Å². The molecule has 0 spiro atoms. The van der Waals surface area contributed by atoms with Gasteiger partial charge in [-0.05, 0) is 49.4 Å². The maximum Gasteiger partial charge on any atom is 0.234 e. The van der Waals surface area contributed by atoms with Crippen molar-refractivity contribution in [3.05, 3.63) is 72.3 Å². The van der Waals surface area contributed by atoms with Crippen molar-refractivity contribution in [1.29, 1.82) is 0 Å². The number of aromatic nitrogens is 3. The Balaban J connectivity index is 1.37. The third-order valence-corrected chi connectivity index (χ3v) is 6.33. The van der Waals surface area contributed by atoms with Crippen LogP contribution >= 0.6 is 11.8 Å². The number of hydrogen-bond donors (Lipinski definition) is 1. The third-order valence-electron chi connectivity index (χ3n) is 5.40. The lowest BCUT2D eigenvalue weighted by molar-refractivity contribution is -0.113. The number of amides is 1. The number of carbonyl (C=O) groups excluding carboxylic acids is 1. The molecule has 0 saturated heterocycles. The standard InChI is InChI=1S/C26H24N4O4S/c1-17-4-3-5-18(14-17)25-28-29-26(30(25)20-7-9-21(32-2)10-8-20)35-16-24(31)27-19-6-11-22-23(15-19)34-13-12-33-22/h3-11,14-15H,12-13,16H2,1-2H3,(H,27,31). The Morgan fingerprint density at radius 1 is 1.03 bits per heavy atom. The summed E-state index contributed by atoms with van der Waals surface area (Å²) in [5.74, 6) is 2.77. The molecule has 1 aromatic heterocycles. The summed E-state index contributed by atoms with van der Waals surface area (Å²) < 4.78 is 18.4. The average Bonchev–Trinajstić information content (AvgIpc) is 3.31. The predicted octanol–water partition coefficient (Wildman–Crippen LogP) is 4.75. The Morgan fingerprint density at radius 2 is 1.83 bits per heavy atom. The average molecular weight is 489 g/mol. The number of methoxy groups -OCH3 is 1. The predicted molar refractivity (Wildman–Crippen MR) is 135 cm³/mol. The molecule has 0 unspecified atom stereocenters. The topological polar surface area (TPSA) is 87.5 Å². The van der Waals surface area contributed by atoms with Crippen LogP contribution in [-0.4, -0.2) is 46.7 Å². The van der Waals surface area contributed by atoms with Crippen molar-refractivity contribution in [2.75, 3.05) is 31.4 Å². The number of aryl methyl sites for hydroxylation is 1. The van der Waals surface area contributed by atoms with Crippen molar-refractivity contribution in [1.82, 2.24) is 14.8 Å². The van der Waals surface area contributed by atoms with Crippen molar-refractivity contribution >= 4 is 23.4 Å². The molecule has 8 nitrogen and oxygen atoms in total. The Labute approximate surface area is 207 Å². The zero-order valence-electron chi connectivity index (χ0n) is 19.4. The van der Waals surface area contributed by atoms with Gasteiger partial charge in [0.25, 0.3) is 0 Å². The molecule has 1 amide bonds. The second-order valence-electron chi connectivity index (χ2n) is 7.90. The van der Waals surface area contributed by atoms with Gasteiger partial charge in [-0.15, -0.1) is 10.2 Å². The first-order valence-corrected chi connectivity index (χ1v) is 12.1. The second-order valence-corrected chi connectivity index (χ2v) is 8.85. The first kappa shape index (κ1) is 22.8. The number of nitrogens with one attached hydrogen (secondary N) is 1. The molecule has 9 heteroatoms. The minimum absolute atomic E-state index is 0.159. The maximum atomic E-state index is 12.7. The molecule has 1 N–H and O–H groups in total. The number of hydrogen-bond acceptors (Lipinski definition) is 7. The van der Waals surface area contributed by atoms with Gasteiger partial charge in [0.15, 0.2) is 22.5 Å². The zero-order valence-corrected chi connectivity index (χ0v) is 20.2. The highest BCUT2D eigenvalue weighted by molar-refractivity contribution is 7.99. The van der Waals surface area contributed by atoms with E-state index in [1.165, 1.54) is 11.8 Å². The van der Waals surface area contributed by atoms with E-state index >= 15 is 0 Å². The molecule has 35 heavy (non-hydrogen) atoms. The lowest BCUT2D eigenvalue weighted by Crippen LogP contribution is -2.17. The largest absolute Gasteiger partial charge is 0.497 e. The van der Waals surface area contributed by atoms with E-state index in [1.807, 2.05) is 54.0 Å². The number of benzene rings is 3. The first-order valence-electron chi connectivity index (χ1n) is 11.1. The van der Waals surface area contributed by atoms with Gasteiger partial charge in [0, 0.05) is 23.0 Å². The van der Waals surface area contributed by atoms with Gasteiger partial charge in [-0.25, -0.2) is 0 Å². The molecule has 0 bridgehead atoms. The molecule has 5 rings (SSSR count). The van der Waals surface area contributed by atoms with Gasteiger partial charge in [-0.1, -0.05) is 35.5 Å². The molecular weight excluding hydrogens is 464 g/mol. The minimum atomic E-state index is -0.159. The Kier molecular flexibility index (Phi) is 6.58. The molecule has 1 aliphatic heterocycles. The van der Waals surface area contributed by atoms with Crippen LogP contribution in [0.1, 0.15) is 5.56 Å². The zero-order chi connectivity index (χ0) is 24.2. The Hall–Kier alpha value is -3.98. The number of carbonyl (C=O) groups is 1. The van der Waals surface area contributed by atoms with E-state index in [4.69, 9.17) is 14.2 Å². The van der Waals surface area contributed by atoms with Crippen molar-refractivity contribution in [2.24, 2.45) is 0 Å². The van der Waals surface area contributed by atoms with Gasteiger partial charge >= 0.3 is 0 Å². The molecule has 0 aliphatic carbocycles. The first-order chi connectivity index (χ1) is 17.1. The maximum absolute atomic E-state index is 12.7. The second kappa shape index (κ2) is 10.1. The van der Waals surface area contributed by atoms with E-state index < -0.39 is 0 Å². The summed E-state index contributed by atoms with van der Waals surface area (Å²) in [5, 5.41) is 12.4. The molecule has 0 atom stereocenters. The molecular formula is C26H24N4O4S. The lowest BCUT2D eigenvalue weighted by atomic mass is 10.1. The fourth-order valence-corrected chi connectivity index (χ4v) is 4.50.